The summed E-state index contributed by atoms with van der Waals surface area (Å²) < 4.78 is 0. The van der Waals surface area contributed by atoms with Crippen molar-refractivity contribution in [3.63, 3.8) is 0 Å². The molecule has 0 aromatic carbocycles. The first kappa shape index (κ1) is 24.8. The van der Waals surface area contributed by atoms with Crippen LogP contribution in [0.15, 0.2) is 0 Å². The maximum atomic E-state index is 4.91. The molecule has 0 bridgehead atoms. The fourth-order valence-electron chi connectivity index (χ4n) is 7.01. The Bertz CT molecular complexity index is 665. The smallest absolute Gasteiger partial charge is 0.0617 e. The van der Waals surface area contributed by atoms with Crippen molar-refractivity contribution in [1.82, 2.24) is 0 Å². The molecule has 8 atom stereocenters. The highest BCUT2D eigenvalue weighted by atomic mass is 31.2. The minimum atomic E-state index is -0.305. The van der Waals surface area contributed by atoms with Gasteiger partial charge in [0.05, 0.1) is 26.4 Å². The van der Waals surface area contributed by atoms with E-state index in [-0.39, 0.29) is 22.6 Å². The second-order valence-electron chi connectivity index (χ2n) is 11.6. The largest absolute Gasteiger partial charge is 0.300 e. The van der Waals surface area contributed by atoms with Gasteiger partial charge in [0.25, 0.3) is 5.40 Å². The van der Waals surface area contributed by atoms with Gasteiger partial charge in [0.1, 0.15) is 32.6 Å². The van der Waals surface area contributed by atoms with Crippen molar-refractivity contribution in [3.05, 3.63) is 0 Å². The average molecular weight is 442 g/mol. The zero-order valence-electron chi connectivity index (χ0n) is 20.6. The summed E-state index contributed by atoms with van der Waals surface area (Å²) in [6, 6.07) is 0. The molecule has 0 amide bonds. The third kappa shape index (κ3) is 3.57. The lowest BCUT2D eigenvalue weighted by molar-refractivity contribution is 0.0871. The maximum absolute atomic E-state index is 4.91. The molecule has 2 saturated carbocycles. The third-order valence-corrected chi connectivity index (χ3v) is 18.2. The van der Waals surface area contributed by atoms with Crippen LogP contribution in [-0.2, 0) is 0 Å². The van der Waals surface area contributed by atoms with E-state index in [1.165, 1.54) is 24.9 Å². The first-order valence-corrected chi connectivity index (χ1v) is 16.6. The van der Waals surface area contributed by atoms with Crippen molar-refractivity contribution in [2.75, 3.05) is 18.5 Å². The van der Waals surface area contributed by atoms with Crippen molar-refractivity contribution in [3.8, 4) is 0 Å². The highest BCUT2D eigenvalue weighted by Gasteiger charge is 2.82. The van der Waals surface area contributed by atoms with Crippen molar-refractivity contribution in [2.45, 2.75) is 86.2 Å². The van der Waals surface area contributed by atoms with Crippen molar-refractivity contribution in [1.29, 1.82) is 0 Å². The Labute approximate surface area is 180 Å². The average Bonchev–Trinajstić information content (AvgIpc) is 3.04. The zero-order valence-corrected chi connectivity index (χ0v) is 23.3. The molecule has 0 spiro atoms. The zero-order chi connectivity index (χ0) is 21.9. The van der Waals surface area contributed by atoms with Crippen molar-refractivity contribution in [2.24, 2.45) is 34.0 Å². The fourth-order valence-corrected chi connectivity index (χ4v) is 15.5. The van der Waals surface area contributed by atoms with Crippen LogP contribution in [0.1, 0.15) is 75.7 Å². The van der Waals surface area contributed by atoms with Crippen LogP contribution in [0.4, 0.5) is 0 Å². The van der Waals surface area contributed by atoms with E-state index < -0.39 is 0 Å². The molecule has 2 fully saturated rings. The summed E-state index contributed by atoms with van der Waals surface area (Å²) >= 11 is 0. The number of hydrogen-bond acceptors (Lipinski definition) is 0. The van der Waals surface area contributed by atoms with E-state index in [0.717, 1.165) is 23.2 Å². The van der Waals surface area contributed by atoms with Crippen LogP contribution in [0.25, 0.3) is 0 Å². The van der Waals surface area contributed by atoms with E-state index in [1.807, 2.05) is 0 Å². The Hall–Kier alpha value is 0.510. The quantitative estimate of drug-likeness (QED) is 0.316. The summed E-state index contributed by atoms with van der Waals surface area (Å²) in [5.74, 6) is 2.47. The molecule has 0 aliphatic heterocycles. The lowest BCUT2D eigenvalue weighted by Gasteiger charge is -2.41. The lowest BCUT2D eigenvalue weighted by Crippen LogP contribution is -2.36. The Kier molecular flexibility index (Phi) is 6.98. The summed E-state index contributed by atoms with van der Waals surface area (Å²) in [7, 11) is -0.581. The molecule has 2 rings (SSSR count). The number of rotatable bonds is 9. The van der Waals surface area contributed by atoms with E-state index in [9.17, 15) is 0 Å². The number of hydrogen-bond donors (Lipinski definition) is 0. The van der Waals surface area contributed by atoms with Gasteiger partial charge in [-0.1, -0.05) is 41.5 Å². The first-order chi connectivity index (χ1) is 12.6. The standard InChI is InChI=1S/C25H48P3/c1-14-26(11)16-20(27(12)15-2)28(13)22(5,6)17-25-19(4)23(7,8)18(3)21(25)24(25,9)10/h18-21H,11-17H2,1-10H3/q+3. The van der Waals surface area contributed by atoms with Gasteiger partial charge in [0, 0.05) is 0 Å². The van der Waals surface area contributed by atoms with Crippen molar-refractivity contribution < 1.29 is 0 Å². The van der Waals surface area contributed by atoms with Crippen LogP contribution in [0, 0.1) is 34.0 Å². The van der Waals surface area contributed by atoms with Crippen LogP contribution < -0.4 is 0 Å². The van der Waals surface area contributed by atoms with Gasteiger partial charge in [-0.25, -0.2) is 0 Å². The van der Waals surface area contributed by atoms with Gasteiger partial charge in [0.2, 0.25) is 0 Å². The van der Waals surface area contributed by atoms with E-state index in [2.05, 4.69) is 81.8 Å². The van der Waals surface area contributed by atoms with Crippen LogP contribution in [-0.4, -0.2) is 47.9 Å². The molecule has 28 heavy (non-hydrogen) atoms. The van der Waals surface area contributed by atoms with Crippen molar-refractivity contribution >= 4 is 41.5 Å². The fraction of sp³-hybridized carbons (Fsp3) is 0.880. The van der Waals surface area contributed by atoms with Gasteiger partial charge >= 0.3 is 0 Å². The predicted octanol–water partition coefficient (Wildman–Crippen LogP) is 8.22. The minimum absolute atomic E-state index is 0.101. The second-order valence-corrected chi connectivity index (χ2v) is 19.5. The SMILES string of the molecule is C=[P+](CC)CC([P+](=C)CC)[P+](=C)C(C)(C)CC12C(C)C(C)(C)C(C)C1C2(C)C. The summed E-state index contributed by atoms with van der Waals surface area (Å²) in [6.45, 7) is 25.0. The van der Waals surface area contributed by atoms with Gasteiger partial charge in [-0.05, 0) is 68.1 Å². The van der Waals surface area contributed by atoms with E-state index in [4.69, 9.17) is 6.30 Å². The highest BCUT2D eigenvalue weighted by molar-refractivity contribution is 7.75. The molecule has 0 aromatic heterocycles. The van der Waals surface area contributed by atoms with Crippen LogP contribution in [0.5, 0.6) is 0 Å². The third-order valence-electron chi connectivity index (χ3n) is 9.57. The first-order valence-electron chi connectivity index (χ1n) is 11.3. The Morgan fingerprint density at radius 2 is 1.50 bits per heavy atom. The summed E-state index contributed by atoms with van der Waals surface area (Å²) in [5, 5.41) is 1.05. The van der Waals surface area contributed by atoms with Gasteiger partial charge in [0.15, 0.2) is 6.16 Å². The monoisotopic (exact) mass is 441 g/mol. The Balaban J connectivity index is 2.34. The molecular formula is C25H48P3+3. The minimum Gasteiger partial charge on any atom is -0.0617 e. The second kappa shape index (κ2) is 7.89. The van der Waals surface area contributed by atoms with Crippen LogP contribution in [0.2, 0.25) is 0 Å². The van der Waals surface area contributed by atoms with Gasteiger partial charge < -0.3 is 0 Å². The molecule has 0 aromatic rings. The molecule has 0 nitrogen and oxygen atoms in total. The highest BCUT2D eigenvalue weighted by Crippen LogP contribution is 2.86. The molecule has 2 aliphatic carbocycles. The summed E-state index contributed by atoms with van der Waals surface area (Å²) in [5.41, 5.74) is 1.43. The van der Waals surface area contributed by atoms with Crippen LogP contribution >= 0.6 is 22.6 Å². The number of fused-ring (bicyclic) bond motifs is 1. The molecule has 0 N–H and O–H groups in total. The van der Waals surface area contributed by atoms with Gasteiger partial charge in [-0.15, -0.1) is 0 Å². The molecule has 0 radical (unpaired) electrons. The molecular weight excluding hydrogens is 393 g/mol. The van der Waals surface area contributed by atoms with Crippen LogP contribution in [0.3, 0.4) is 0 Å². The molecule has 8 unspecified atom stereocenters. The Morgan fingerprint density at radius 3 is 1.93 bits per heavy atom. The summed E-state index contributed by atoms with van der Waals surface area (Å²) in [4.78, 5) is 0. The normalized spacial score (nSPS) is 35.8. The Morgan fingerprint density at radius 1 is 0.964 bits per heavy atom. The molecule has 0 saturated heterocycles. The maximum Gasteiger partial charge on any atom is 0.300 e. The topological polar surface area (TPSA) is 0 Å². The van der Waals surface area contributed by atoms with Gasteiger partial charge in [-0.2, -0.15) is 0 Å². The molecule has 0 heterocycles. The lowest BCUT2D eigenvalue weighted by atomic mass is 9.65. The predicted molar refractivity (Wildman–Crippen MR) is 142 cm³/mol. The van der Waals surface area contributed by atoms with Gasteiger partial charge in [-0.3, -0.25) is 0 Å². The van der Waals surface area contributed by atoms with E-state index in [0.29, 0.717) is 21.4 Å². The molecule has 160 valence electrons. The van der Waals surface area contributed by atoms with E-state index in [1.54, 1.807) is 0 Å². The molecule has 2 aliphatic rings. The van der Waals surface area contributed by atoms with E-state index >= 15 is 0 Å². The molecule has 3 heteroatoms. The summed E-state index contributed by atoms with van der Waals surface area (Å²) in [6.07, 6.45) is 19.2.